The second-order valence-electron chi connectivity index (χ2n) is 9.87. The smallest absolute Gasteiger partial charge is 0.200 e. The highest BCUT2D eigenvalue weighted by atomic mass is 14.9. The number of allylic oxidation sites excluding steroid dienone is 1. The fourth-order valence-electron chi connectivity index (χ4n) is 4.82. The molecule has 1 nitrogen and oxygen atoms in total. The van der Waals surface area contributed by atoms with Gasteiger partial charge in [0.1, 0.15) is 7.05 Å². The van der Waals surface area contributed by atoms with E-state index in [0.717, 1.165) is 6.42 Å². The Morgan fingerprint density at radius 3 is 2.29 bits per heavy atom. The highest BCUT2D eigenvalue weighted by Crippen LogP contribution is 2.45. The highest BCUT2D eigenvalue weighted by Gasteiger charge is 2.32. The number of aromatic nitrogens is 1. The molecule has 0 radical (unpaired) electrons. The van der Waals surface area contributed by atoms with E-state index in [2.05, 4.69) is 96.6 Å². The van der Waals surface area contributed by atoms with Gasteiger partial charge in [0.2, 0.25) is 5.69 Å². The summed E-state index contributed by atoms with van der Waals surface area (Å²) in [6.07, 6.45) is 3.32. The normalized spacial score (nSPS) is 13.7. The molecule has 0 N–H and O–H groups in total. The third-order valence-corrected chi connectivity index (χ3v) is 6.13. The van der Waals surface area contributed by atoms with Crippen molar-refractivity contribution in [3.63, 3.8) is 0 Å². The van der Waals surface area contributed by atoms with Gasteiger partial charge in [0.15, 0.2) is 6.20 Å². The maximum Gasteiger partial charge on any atom is 0.221 e. The molecular formula is C27H32N+. The van der Waals surface area contributed by atoms with Crippen molar-refractivity contribution in [1.82, 2.24) is 0 Å². The summed E-state index contributed by atoms with van der Waals surface area (Å²) in [5, 5.41) is 2.77. The van der Waals surface area contributed by atoms with Crippen LogP contribution in [0, 0.1) is 26.2 Å². The van der Waals surface area contributed by atoms with Gasteiger partial charge >= 0.3 is 0 Å². The summed E-state index contributed by atoms with van der Waals surface area (Å²) < 4.78 is 2.30. The van der Waals surface area contributed by atoms with Gasteiger partial charge in [-0.1, -0.05) is 50.6 Å². The number of pyridine rings is 1. The van der Waals surface area contributed by atoms with Crippen LogP contribution in [0.4, 0.5) is 0 Å². The quantitative estimate of drug-likeness (QED) is 0.455. The monoisotopic (exact) mass is 370 g/mol. The first-order chi connectivity index (χ1) is 13.1. The molecule has 0 fully saturated rings. The van der Waals surface area contributed by atoms with E-state index in [0.29, 0.717) is 0 Å². The first-order valence-corrected chi connectivity index (χ1v) is 10.3. The minimum atomic E-state index is 0.284. The number of hydrogen-bond acceptors (Lipinski definition) is 0. The Morgan fingerprint density at radius 1 is 0.893 bits per heavy atom. The van der Waals surface area contributed by atoms with Crippen molar-refractivity contribution in [3.05, 3.63) is 75.6 Å². The molecule has 3 aromatic rings. The van der Waals surface area contributed by atoms with E-state index in [4.69, 9.17) is 0 Å². The van der Waals surface area contributed by atoms with Crippen LogP contribution in [-0.2, 0) is 13.5 Å². The Kier molecular flexibility index (Phi) is 4.26. The molecule has 1 heteroatoms. The Hall–Kier alpha value is -2.41. The number of rotatable bonds is 2. The van der Waals surface area contributed by atoms with Crippen LogP contribution in [0.5, 0.6) is 0 Å². The standard InChI is InChI=1S/C27H32N/c1-16-11-17(2)18(3)22(12-16)24-19(4)23-14-20(15-27(5,6)7)13-21-9-10-28(8)26(24)25(21)23/h9-14H,15H2,1-8H3/q+1. The predicted molar refractivity (Wildman–Crippen MR) is 121 cm³/mol. The van der Waals surface area contributed by atoms with Crippen LogP contribution in [-0.4, -0.2) is 0 Å². The summed E-state index contributed by atoms with van der Waals surface area (Å²) >= 11 is 0. The molecule has 28 heavy (non-hydrogen) atoms. The topological polar surface area (TPSA) is 3.88 Å². The third-order valence-electron chi connectivity index (χ3n) is 6.13. The minimum Gasteiger partial charge on any atom is -0.200 e. The van der Waals surface area contributed by atoms with Gasteiger partial charge in [-0.15, -0.1) is 0 Å². The van der Waals surface area contributed by atoms with Crippen molar-refractivity contribution in [2.75, 3.05) is 0 Å². The molecule has 0 amide bonds. The van der Waals surface area contributed by atoms with Crippen molar-refractivity contribution in [3.8, 4) is 0 Å². The molecule has 1 aliphatic carbocycles. The molecule has 0 unspecified atom stereocenters. The average Bonchev–Trinajstić information content (AvgIpc) is 2.87. The lowest BCUT2D eigenvalue weighted by atomic mass is 9.86. The van der Waals surface area contributed by atoms with Gasteiger partial charge < -0.3 is 0 Å². The molecule has 4 rings (SSSR count). The summed E-state index contributed by atoms with van der Waals surface area (Å²) in [7, 11) is 2.18. The fraction of sp³-hybridized carbons (Fsp3) is 0.370. The molecule has 0 bridgehead atoms. The molecule has 2 aromatic carbocycles. The zero-order valence-electron chi connectivity index (χ0n) is 18.6. The lowest BCUT2D eigenvalue weighted by molar-refractivity contribution is -0.672. The average molecular weight is 371 g/mol. The lowest BCUT2D eigenvalue weighted by Gasteiger charge is -2.19. The van der Waals surface area contributed by atoms with Crippen LogP contribution in [0.15, 0.2) is 36.5 Å². The minimum absolute atomic E-state index is 0.284. The Balaban J connectivity index is 2.04. The maximum absolute atomic E-state index is 2.44. The van der Waals surface area contributed by atoms with Crippen LogP contribution in [0.3, 0.4) is 0 Å². The second kappa shape index (κ2) is 6.30. The van der Waals surface area contributed by atoms with Gasteiger partial charge in [0, 0.05) is 6.07 Å². The van der Waals surface area contributed by atoms with E-state index >= 15 is 0 Å². The van der Waals surface area contributed by atoms with Crippen LogP contribution in [0.2, 0.25) is 0 Å². The third kappa shape index (κ3) is 2.98. The molecule has 0 aliphatic heterocycles. The SMILES string of the molecule is CC1=C(c2cc(C)cc(C)c2C)c2c3c1cc(CC(C)(C)C)cc3cc[n+]2C. The lowest BCUT2D eigenvalue weighted by Crippen LogP contribution is -2.32. The largest absolute Gasteiger partial charge is 0.221 e. The first-order valence-electron chi connectivity index (χ1n) is 10.3. The van der Waals surface area contributed by atoms with E-state index in [1.807, 2.05) is 0 Å². The summed E-state index contributed by atoms with van der Waals surface area (Å²) in [4.78, 5) is 0. The van der Waals surface area contributed by atoms with Crippen LogP contribution in [0.25, 0.3) is 21.9 Å². The number of hydrogen-bond donors (Lipinski definition) is 0. The van der Waals surface area contributed by atoms with Crippen molar-refractivity contribution in [2.24, 2.45) is 12.5 Å². The van der Waals surface area contributed by atoms with Crippen molar-refractivity contribution >= 4 is 21.9 Å². The molecule has 1 aliphatic rings. The second-order valence-corrected chi connectivity index (χ2v) is 9.87. The zero-order chi connectivity index (χ0) is 20.4. The zero-order valence-corrected chi connectivity index (χ0v) is 18.6. The summed E-state index contributed by atoms with van der Waals surface area (Å²) in [5.41, 5.74) is 12.8. The molecule has 0 saturated carbocycles. The highest BCUT2D eigenvalue weighted by molar-refractivity contribution is 6.15. The van der Waals surface area contributed by atoms with E-state index in [-0.39, 0.29) is 5.41 Å². The molecule has 0 spiro atoms. The predicted octanol–water partition coefficient (Wildman–Crippen LogP) is 6.47. The van der Waals surface area contributed by atoms with Gasteiger partial charge in [-0.25, -0.2) is 4.57 Å². The molecule has 1 aromatic heterocycles. The molecule has 0 saturated heterocycles. The fourth-order valence-corrected chi connectivity index (χ4v) is 4.82. The van der Waals surface area contributed by atoms with Crippen LogP contribution >= 0.6 is 0 Å². The summed E-state index contributed by atoms with van der Waals surface area (Å²) in [5.74, 6) is 0. The molecule has 144 valence electrons. The van der Waals surface area contributed by atoms with E-state index in [1.165, 1.54) is 61.0 Å². The van der Waals surface area contributed by atoms with Gasteiger partial charge in [-0.05, 0) is 78.3 Å². The number of benzene rings is 2. The van der Waals surface area contributed by atoms with Crippen LogP contribution < -0.4 is 4.57 Å². The van der Waals surface area contributed by atoms with E-state index in [1.54, 1.807) is 0 Å². The van der Waals surface area contributed by atoms with Gasteiger partial charge in [-0.2, -0.15) is 0 Å². The van der Waals surface area contributed by atoms with Gasteiger partial charge in [-0.3, -0.25) is 0 Å². The summed E-state index contributed by atoms with van der Waals surface area (Å²) in [6, 6.07) is 11.8. The van der Waals surface area contributed by atoms with E-state index in [9.17, 15) is 0 Å². The van der Waals surface area contributed by atoms with Gasteiger partial charge in [0.05, 0.1) is 11.0 Å². The molecule has 1 heterocycles. The Bertz CT molecular complexity index is 1150. The van der Waals surface area contributed by atoms with Gasteiger partial charge in [0.25, 0.3) is 0 Å². The van der Waals surface area contributed by atoms with E-state index < -0.39 is 0 Å². The Labute approximate surface area is 169 Å². The number of nitrogens with zero attached hydrogens (tertiary/aromatic N) is 1. The molecule has 0 atom stereocenters. The van der Waals surface area contributed by atoms with Crippen molar-refractivity contribution < 1.29 is 4.57 Å². The Morgan fingerprint density at radius 2 is 1.61 bits per heavy atom. The maximum atomic E-state index is 2.44. The first kappa shape index (κ1) is 18.9. The van der Waals surface area contributed by atoms with Crippen molar-refractivity contribution in [1.29, 1.82) is 0 Å². The summed E-state index contributed by atoms with van der Waals surface area (Å²) in [6.45, 7) is 16.0. The molecular weight excluding hydrogens is 338 g/mol. The number of aryl methyl sites for hydroxylation is 3. The van der Waals surface area contributed by atoms with Crippen molar-refractivity contribution in [2.45, 2.75) is 54.9 Å². The van der Waals surface area contributed by atoms with Crippen LogP contribution in [0.1, 0.15) is 66.8 Å².